The number of hydrogen-bond donors (Lipinski definition) is 1. The first kappa shape index (κ1) is 17.6. The first-order valence-electron chi connectivity index (χ1n) is 8.01. The normalized spacial score (nSPS) is 14.8. The van der Waals surface area contributed by atoms with Crippen LogP contribution in [0.5, 0.6) is 0 Å². The van der Waals surface area contributed by atoms with Crippen molar-refractivity contribution < 1.29 is 13.2 Å². The van der Waals surface area contributed by atoms with Crippen LogP contribution in [0.4, 0.5) is 11.4 Å². The molecule has 1 N–H and O–H groups in total. The molecule has 7 heteroatoms. The molecule has 1 aliphatic heterocycles. The molecule has 0 saturated carbocycles. The number of nitrogens with zero attached hydrogens (tertiary/aromatic N) is 2. The third-order valence-corrected chi connectivity index (χ3v) is 5.01. The maximum atomic E-state index is 12.0. The van der Waals surface area contributed by atoms with E-state index in [9.17, 15) is 13.2 Å². The lowest BCUT2D eigenvalue weighted by molar-refractivity contribution is -0.119. The molecule has 1 amide bonds. The lowest BCUT2D eigenvalue weighted by Crippen LogP contribution is -2.40. The zero-order valence-corrected chi connectivity index (χ0v) is 14.6. The molecule has 23 heavy (non-hydrogen) atoms. The van der Waals surface area contributed by atoms with Gasteiger partial charge in [0, 0.05) is 25.3 Å². The average molecular weight is 339 g/mol. The highest BCUT2D eigenvalue weighted by molar-refractivity contribution is 7.92. The number of rotatable bonds is 7. The summed E-state index contributed by atoms with van der Waals surface area (Å²) < 4.78 is 25.2. The minimum Gasteiger partial charge on any atom is -0.372 e. The summed E-state index contributed by atoms with van der Waals surface area (Å²) in [6, 6.07) is 7.37. The van der Waals surface area contributed by atoms with E-state index in [1.165, 1.54) is 12.8 Å². The molecule has 1 aliphatic rings. The van der Waals surface area contributed by atoms with Gasteiger partial charge in [0.25, 0.3) is 0 Å². The first-order valence-corrected chi connectivity index (χ1v) is 9.86. The van der Waals surface area contributed by atoms with Gasteiger partial charge in [-0.1, -0.05) is 6.92 Å². The SMILES string of the molecule is CCCNC(=O)CN(c1ccc(N2CCCC2)cc1)S(C)(=O)=O. The lowest BCUT2D eigenvalue weighted by Gasteiger charge is -2.23. The number of sulfonamides is 1. The van der Waals surface area contributed by atoms with Crippen LogP contribution in [0.3, 0.4) is 0 Å². The van der Waals surface area contributed by atoms with Crippen molar-refractivity contribution in [2.45, 2.75) is 26.2 Å². The van der Waals surface area contributed by atoms with Crippen LogP contribution in [-0.2, 0) is 14.8 Å². The van der Waals surface area contributed by atoms with Crippen molar-refractivity contribution in [2.75, 3.05) is 41.6 Å². The predicted octanol–water partition coefficient (Wildman–Crippen LogP) is 1.58. The Kier molecular flexibility index (Phi) is 5.87. The van der Waals surface area contributed by atoms with Gasteiger partial charge in [-0.05, 0) is 43.5 Å². The number of carbonyl (C=O) groups excluding carboxylic acids is 1. The number of hydrogen-bond acceptors (Lipinski definition) is 4. The Labute approximate surface area is 138 Å². The van der Waals surface area contributed by atoms with E-state index >= 15 is 0 Å². The summed E-state index contributed by atoms with van der Waals surface area (Å²) in [5, 5.41) is 2.71. The van der Waals surface area contributed by atoms with Gasteiger partial charge in [0.15, 0.2) is 0 Å². The van der Waals surface area contributed by atoms with Crippen LogP contribution >= 0.6 is 0 Å². The van der Waals surface area contributed by atoms with Gasteiger partial charge in [-0.3, -0.25) is 9.10 Å². The number of carbonyl (C=O) groups is 1. The molecular weight excluding hydrogens is 314 g/mol. The Bertz CT molecular complexity index is 622. The van der Waals surface area contributed by atoms with Crippen LogP contribution in [0.15, 0.2) is 24.3 Å². The third-order valence-electron chi connectivity index (χ3n) is 3.87. The second-order valence-electron chi connectivity index (χ2n) is 5.83. The fourth-order valence-corrected chi connectivity index (χ4v) is 3.51. The Hall–Kier alpha value is -1.76. The summed E-state index contributed by atoms with van der Waals surface area (Å²) in [5.41, 5.74) is 1.61. The Morgan fingerprint density at radius 1 is 1.22 bits per heavy atom. The zero-order valence-electron chi connectivity index (χ0n) is 13.8. The van der Waals surface area contributed by atoms with Crippen LogP contribution in [0.25, 0.3) is 0 Å². The van der Waals surface area contributed by atoms with Crippen LogP contribution in [0.1, 0.15) is 26.2 Å². The van der Waals surface area contributed by atoms with E-state index in [2.05, 4.69) is 10.2 Å². The summed E-state index contributed by atoms with van der Waals surface area (Å²) in [7, 11) is -3.51. The van der Waals surface area contributed by atoms with Gasteiger partial charge in [-0.25, -0.2) is 8.42 Å². The highest BCUT2D eigenvalue weighted by atomic mass is 32.2. The summed E-state index contributed by atoms with van der Waals surface area (Å²) in [4.78, 5) is 14.2. The highest BCUT2D eigenvalue weighted by Crippen LogP contribution is 2.24. The molecule has 1 saturated heterocycles. The molecule has 1 aromatic rings. The van der Waals surface area contributed by atoms with E-state index in [1.54, 1.807) is 12.1 Å². The maximum absolute atomic E-state index is 12.0. The van der Waals surface area contributed by atoms with E-state index < -0.39 is 10.0 Å². The fraction of sp³-hybridized carbons (Fsp3) is 0.562. The van der Waals surface area contributed by atoms with Crippen molar-refractivity contribution in [1.29, 1.82) is 0 Å². The van der Waals surface area contributed by atoms with E-state index in [0.717, 1.165) is 35.8 Å². The number of amides is 1. The summed E-state index contributed by atoms with van der Waals surface area (Å²) in [5.74, 6) is -0.291. The largest absolute Gasteiger partial charge is 0.372 e. The summed E-state index contributed by atoms with van der Waals surface area (Å²) in [6.07, 6.45) is 4.31. The molecule has 0 atom stereocenters. The Morgan fingerprint density at radius 3 is 2.35 bits per heavy atom. The van der Waals surface area contributed by atoms with Crippen molar-refractivity contribution in [3.8, 4) is 0 Å². The zero-order chi connectivity index (χ0) is 16.9. The highest BCUT2D eigenvalue weighted by Gasteiger charge is 2.21. The molecule has 1 aromatic carbocycles. The smallest absolute Gasteiger partial charge is 0.240 e. The molecule has 0 radical (unpaired) electrons. The van der Waals surface area contributed by atoms with Gasteiger partial charge in [0.2, 0.25) is 15.9 Å². The monoisotopic (exact) mass is 339 g/mol. The van der Waals surface area contributed by atoms with E-state index in [4.69, 9.17) is 0 Å². The van der Waals surface area contributed by atoms with Crippen molar-refractivity contribution in [3.63, 3.8) is 0 Å². The van der Waals surface area contributed by atoms with Gasteiger partial charge in [0.1, 0.15) is 6.54 Å². The van der Waals surface area contributed by atoms with Crippen LogP contribution in [0.2, 0.25) is 0 Å². The van der Waals surface area contributed by atoms with Gasteiger partial charge >= 0.3 is 0 Å². The molecule has 0 bridgehead atoms. The molecule has 0 aromatic heterocycles. The second-order valence-corrected chi connectivity index (χ2v) is 7.74. The minimum atomic E-state index is -3.51. The summed E-state index contributed by atoms with van der Waals surface area (Å²) >= 11 is 0. The molecule has 0 spiro atoms. The molecule has 0 unspecified atom stereocenters. The van der Waals surface area contributed by atoms with Crippen molar-refractivity contribution >= 4 is 27.3 Å². The van der Waals surface area contributed by atoms with Crippen LogP contribution in [0, 0.1) is 0 Å². The minimum absolute atomic E-state index is 0.193. The van der Waals surface area contributed by atoms with Crippen molar-refractivity contribution in [1.82, 2.24) is 5.32 Å². The molecule has 2 rings (SSSR count). The molecule has 6 nitrogen and oxygen atoms in total. The Balaban J connectivity index is 2.14. The van der Waals surface area contributed by atoms with Gasteiger partial charge < -0.3 is 10.2 Å². The summed E-state index contributed by atoms with van der Waals surface area (Å²) in [6.45, 7) is 4.38. The molecule has 1 heterocycles. The van der Waals surface area contributed by atoms with E-state index in [1.807, 2.05) is 19.1 Å². The Morgan fingerprint density at radius 2 is 1.83 bits per heavy atom. The third kappa shape index (κ3) is 4.86. The average Bonchev–Trinajstić information content (AvgIpc) is 3.04. The van der Waals surface area contributed by atoms with Crippen molar-refractivity contribution in [3.05, 3.63) is 24.3 Å². The lowest BCUT2D eigenvalue weighted by atomic mass is 10.2. The maximum Gasteiger partial charge on any atom is 0.240 e. The van der Waals surface area contributed by atoms with Gasteiger partial charge in [-0.15, -0.1) is 0 Å². The molecular formula is C16H25N3O3S. The first-order chi connectivity index (χ1) is 10.9. The quantitative estimate of drug-likeness (QED) is 0.819. The molecule has 128 valence electrons. The number of nitrogens with one attached hydrogen (secondary N) is 1. The van der Waals surface area contributed by atoms with Gasteiger partial charge in [-0.2, -0.15) is 0 Å². The number of benzene rings is 1. The van der Waals surface area contributed by atoms with Crippen LogP contribution < -0.4 is 14.5 Å². The second kappa shape index (κ2) is 7.68. The molecule has 1 fully saturated rings. The molecule has 0 aliphatic carbocycles. The predicted molar refractivity (Wildman–Crippen MR) is 93.4 cm³/mol. The van der Waals surface area contributed by atoms with Crippen LogP contribution in [-0.4, -0.2) is 46.8 Å². The van der Waals surface area contributed by atoms with Gasteiger partial charge in [0.05, 0.1) is 11.9 Å². The van der Waals surface area contributed by atoms with Crippen molar-refractivity contribution in [2.24, 2.45) is 0 Å². The standard InChI is InChI=1S/C16H25N3O3S/c1-3-10-17-16(20)13-19(23(2,21)22)15-8-6-14(7-9-15)18-11-4-5-12-18/h6-9H,3-5,10-13H2,1-2H3,(H,17,20). The van der Waals surface area contributed by atoms with E-state index in [-0.39, 0.29) is 12.5 Å². The topological polar surface area (TPSA) is 69.7 Å². The van der Waals surface area contributed by atoms with E-state index in [0.29, 0.717) is 12.2 Å². The fourth-order valence-electron chi connectivity index (χ4n) is 2.66. The number of anilines is 2.